The second kappa shape index (κ2) is 5.92. The number of ketones is 1. The molecule has 0 aliphatic heterocycles. The zero-order valence-corrected chi connectivity index (χ0v) is 12.6. The van der Waals surface area contributed by atoms with Gasteiger partial charge in [-0.1, -0.05) is 18.2 Å². The summed E-state index contributed by atoms with van der Waals surface area (Å²) < 4.78 is 1.51. The molecule has 1 heterocycles. The number of benzene rings is 1. The second-order valence-corrected chi connectivity index (χ2v) is 6.11. The van der Waals surface area contributed by atoms with E-state index in [4.69, 9.17) is 0 Å². The number of aliphatic hydroxyl groups excluding tert-OH is 5. The molecule has 0 radical (unpaired) electrons. The molecule has 8 nitrogen and oxygen atoms in total. The average molecular weight is 337 g/mol. The third-order valence-corrected chi connectivity index (χ3v) is 4.69. The Kier molecular flexibility index (Phi) is 4.20. The number of para-hydroxylation sites is 1. The highest BCUT2D eigenvalue weighted by atomic mass is 16.4. The zero-order valence-electron chi connectivity index (χ0n) is 12.6. The van der Waals surface area contributed by atoms with E-state index in [-0.39, 0.29) is 0 Å². The zero-order chi connectivity index (χ0) is 17.6. The molecule has 1 aliphatic rings. The van der Waals surface area contributed by atoms with Crippen molar-refractivity contribution in [3.05, 3.63) is 36.5 Å². The van der Waals surface area contributed by atoms with Crippen molar-refractivity contribution in [2.45, 2.75) is 42.7 Å². The standard InChI is InChI=1S/C16H19NO7/c18-10(7-17-6-5-8-3-1-2-4-9(8)17)16(24)14(22)12(20)11(19)13(21)15(16)23/h1-6,11-15,19-24H,7H2/t11?,12-,13+,14-,15-,16?/m1/s1. The molecule has 6 N–H and O–H groups in total. The van der Waals surface area contributed by atoms with E-state index in [1.165, 1.54) is 4.57 Å². The molecule has 2 unspecified atom stereocenters. The van der Waals surface area contributed by atoms with Crippen LogP contribution in [0.5, 0.6) is 0 Å². The fraction of sp³-hybridized carbons (Fsp3) is 0.438. The molecule has 0 amide bonds. The smallest absolute Gasteiger partial charge is 0.189 e. The van der Waals surface area contributed by atoms with E-state index in [2.05, 4.69) is 0 Å². The van der Waals surface area contributed by atoms with Crippen LogP contribution in [0.2, 0.25) is 0 Å². The van der Waals surface area contributed by atoms with Crippen LogP contribution < -0.4 is 0 Å². The van der Waals surface area contributed by atoms with Crippen LogP contribution >= 0.6 is 0 Å². The highest BCUT2D eigenvalue weighted by Crippen LogP contribution is 2.32. The summed E-state index contributed by atoms with van der Waals surface area (Å²) in [5.41, 5.74) is -2.10. The minimum Gasteiger partial charge on any atom is -0.387 e. The molecule has 3 rings (SSSR count). The van der Waals surface area contributed by atoms with Crippen molar-refractivity contribution in [2.24, 2.45) is 0 Å². The average Bonchev–Trinajstić information content (AvgIpc) is 2.99. The molecule has 0 saturated heterocycles. The molecular formula is C16H19NO7. The minimum atomic E-state index is -2.80. The Bertz CT molecular complexity index is 742. The van der Waals surface area contributed by atoms with Crippen LogP contribution in [0.3, 0.4) is 0 Å². The number of carbonyl (C=O) groups is 1. The molecule has 1 fully saturated rings. The van der Waals surface area contributed by atoms with E-state index < -0.39 is 48.4 Å². The number of hydrogen-bond acceptors (Lipinski definition) is 7. The van der Waals surface area contributed by atoms with Gasteiger partial charge in [0.15, 0.2) is 11.4 Å². The first-order chi connectivity index (χ1) is 11.3. The van der Waals surface area contributed by atoms with Gasteiger partial charge in [0.2, 0.25) is 0 Å². The normalized spacial score (nSPS) is 36.8. The van der Waals surface area contributed by atoms with Crippen LogP contribution in [0.15, 0.2) is 36.5 Å². The molecule has 1 aromatic heterocycles. The van der Waals surface area contributed by atoms with Gasteiger partial charge in [-0.3, -0.25) is 4.79 Å². The Morgan fingerprint density at radius 2 is 1.54 bits per heavy atom. The summed E-state index contributed by atoms with van der Waals surface area (Å²) in [6.07, 6.45) is -8.50. The molecule has 6 atom stereocenters. The summed E-state index contributed by atoms with van der Waals surface area (Å²) in [6.45, 7) is -0.395. The summed E-state index contributed by atoms with van der Waals surface area (Å²) in [7, 11) is 0. The van der Waals surface area contributed by atoms with E-state index in [1.807, 2.05) is 12.1 Å². The van der Waals surface area contributed by atoms with E-state index in [9.17, 15) is 35.4 Å². The van der Waals surface area contributed by atoms with E-state index >= 15 is 0 Å². The van der Waals surface area contributed by atoms with Crippen molar-refractivity contribution in [1.82, 2.24) is 4.57 Å². The summed E-state index contributed by atoms with van der Waals surface area (Å²) >= 11 is 0. The first-order valence-corrected chi connectivity index (χ1v) is 7.48. The van der Waals surface area contributed by atoms with Crippen molar-refractivity contribution >= 4 is 16.7 Å². The van der Waals surface area contributed by atoms with Gasteiger partial charge >= 0.3 is 0 Å². The van der Waals surface area contributed by atoms with Crippen molar-refractivity contribution in [3.8, 4) is 0 Å². The van der Waals surface area contributed by atoms with Crippen LogP contribution in [0.25, 0.3) is 10.9 Å². The molecule has 1 aromatic carbocycles. The van der Waals surface area contributed by atoms with Crippen LogP contribution in [0, 0.1) is 0 Å². The molecule has 8 heteroatoms. The summed E-state index contributed by atoms with van der Waals surface area (Å²) in [5, 5.41) is 60.4. The van der Waals surface area contributed by atoms with Crippen LogP contribution in [-0.4, -0.2) is 77.1 Å². The lowest BCUT2D eigenvalue weighted by molar-refractivity contribution is -0.259. The van der Waals surface area contributed by atoms with Gasteiger partial charge in [0.1, 0.15) is 30.5 Å². The lowest BCUT2D eigenvalue weighted by atomic mass is 9.72. The number of rotatable bonds is 3. The lowest BCUT2D eigenvalue weighted by Gasteiger charge is -2.46. The van der Waals surface area contributed by atoms with Gasteiger partial charge < -0.3 is 35.2 Å². The molecule has 24 heavy (non-hydrogen) atoms. The molecule has 1 aliphatic carbocycles. The van der Waals surface area contributed by atoms with Gasteiger partial charge in [0.25, 0.3) is 0 Å². The third-order valence-electron chi connectivity index (χ3n) is 4.69. The fourth-order valence-electron chi connectivity index (χ4n) is 3.16. The lowest BCUT2D eigenvalue weighted by Crippen LogP contribution is -2.73. The quantitative estimate of drug-likeness (QED) is 0.372. The van der Waals surface area contributed by atoms with Gasteiger partial charge in [-0.25, -0.2) is 0 Å². The summed E-state index contributed by atoms with van der Waals surface area (Å²) in [6, 6.07) is 8.94. The number of nitrogens with zero attached hydrogens (tertiary/aromatic N) is 1. The van der Waals surface area contributed by atoms with E-state index in [0.29, 0.717) is 5.52 Å². The third kappa shape index (κ3) is 2.35. The maximum Gasteiger partial charge on any atom is 0.189 e. The Hall–Kier alpha value is -1.81. The van der Waals surface area contributed by atoms with Crippen molar-refractivity contribution in [2.75, 3.05) is 0 Å². The first-order valence-electron chi connectivity index (χ1n) is 7.48. The maximum atomic E-state index is 12.6. The number of fused-ring (bicyclic) bond motifs is 1. The highest BCUT2D eigenvalue weighted by molar-refractivity contribution is 5.90. The van der Waals surface area contributed by atoms with Gasteiger partial charge in [-0.2, -0.15) is 0 Å². The molecule has 0 bridgehead atoms. The molecule has 130 valence electrons. The SMILES string of the molecule is O=C(Cn1ccc2ccccc21)C1(O)[C@H](O)[C@H](O)C(O)[C@H](O)[C@H]1O. The van der Waals surface area contributed by atoms with Gasteiger partial charge in [0.05, 0.1) is 6.54 Å². The first kappa shape index (κ1) is 17.0. The number of hydrogen-bond donors (Lipinski definition) is 6. The molecule has 2 aromatic rings. The van der Waals surface area contributed by atoms with Crippen LogP contribution in [0.4, 0.5) is 0 Å². The van der Waals surface area contributed by atoms with Gasteiger partial charge in [-0.15, -0.1) is 0 Å². The van der Waals surface area contributed by atoms with Gasteiger partial charge in [0, 0.05) is 11.7 Å². The van der Waals surface area contributed by atoms with Crippen molar-refractivity contribution in [3.63, 3.8) is 0 Å². The number of aliphatic hydroxyl groups is 6. The Balaban J connectivity index is 1.93. The van der Waals surface area contributed by atoms with E-state index in [1.54, 1.807) is 24.4 Å². The summed E-state index contributed by atoms with van der Waals surface area (Å²) in [5.74, 6) is -0.992. The fourth-order valence-corrected chi connectivity index (χ4v) is 3.16. The van der Waals surface area contributed by atoms with Crippen molar-refractivity contribution < 1.29 is 35.4 Å². The predicted molar refractivity (Wildman–Crippen MR) is 81.9 cm³/mol. The Morgan fingerprint density at radius 1 is 0.958 bits per heavy atom. The maximum absolute atomic E-state index is 12.6. The Labute approximate surface area is 136 Å². The van der Waals surface area contributed by atoms with E-state index in [0.717, 1.165) is 5.39 Å². The van der Waals surface area contributed by atoms with Gasteiger partial charge in [-0.05, 0) is 17.5 Å². The predicted octanol–water partition coefficient (Wildman–Crippen LogP) is -2.24. The Morgan fingerprint density at radius 3 is 2.17 bits per heavy atom. The largest absolute Gasteiger partial charge is 0.387 e. The second-order valence-electron chi connectivity index (χ2n) is 6.11. The molecule has 1 saturated carbocycles. The van der Waals surface area contributed by atoms with Crippen LogP contribution in [-0.2, 0) is 11.3 Å². The summed E-state index contributed by atoms with van der Waals surface area (Å²) in [4.78, 5) is 12.6. The number of Topliss-reactive ketones (excluding diaryl/α,β-unsaturated/α-hetero) is 1. The topological polar surface area (TPSA) is 143 Å². The molecule has 0 spiro atoms. The molecular weight excluding hydrogens is 318 g/mol. The number of carbonyl (C=O) groups excluding carboxylic acids is 1. The van der Waals surface area contributed by atoms with Crippen LogP contribution in [0.1, 0.15) is 0 Å². The minimum absolute atomic E-state index is 0.395. The number of aromatic nitrogens is 1. The van der Waals surface area contributed by atoms with Crippen molar-refractivity contribution in [1.29, 1.82) is 0 Å². The monoisotopic (exact) mass is 337 g/mol. The highest BCUT2D eigenvalue weighted by Gasteiger charge is 2.61.